The molecule has 422 valence electrons. The fraction of sp³-hybridized carbons (Fsp3) is 0.500. The van der Waals surface area contributed by atoms with Gasteiger partial charge < -0.3 is 68.9 Å². The first-order valence-electron chi connectivity index (χ1n) is 26.2. The second-order valence-electron chi connectivity index (χ2n) is 19.8. The molecule has 78 heavy (non-hydrogen) atoms. The van der Waals surface area contributed by atoms with Gasteiger partial charge in [-0.2, -0.15) is 0 Å². The quantitative estimate of drug-likeness (QED) is 0.0523. The number of amides is 4. The number of aliphatic hydroxyl groups excluding tert-OH is 2. The summed E-state index contributed by atoms with van der Waals surface area (Å²) in [6.07, 6.45) is -3.97. The number of ether oxygens (including phenoxy) is 6. The fourth-order valence-corrected chi connectivity index (χ4v) is 11.4. The molecule has 0 saturated heterocycles. The Morgan fingerprint density at radius 1 is 0.526 bits per heavy atom. The van der Waals surface area contributed by atoms with Gasteiger partial charge in [0.1, 0.15) is 0 Å². The van der Waals surface area contributed by atoms with Crippen molar-refractivity contribution in [2.75, 3.05) is 133 Å². The molecule has 4 aliphatic heterocycles. The third-order valence-electron chi connectivity index (χ3n) is 14.2. The zero-order valence-corrected chi connectivity index (χ0v) is 46.9. The zero-order valence-electron chi connectivity index (χ0n) is 43.9. The molecular formula is C56H68Cl4N6O12. The van der Waals surface area contributed by atoms with Crippen LogP contribution in [0.4, 0.5) is 0 Å². The molecule has 0 fully saturated rings. The van der Waals surface area contributed by atoms with E-state index in [4.69, 9.17) is 74.8 Å². The Bertz CT molecular complexity index is 2580. The van der Waals surface area contributed by atoms with Gasteiger partial charge in [0.15, 0.2) is 12.2 Å². The van der Waals surface area contributed by atoms with Crippen molar-refractivity contribution in [2.24, 2.45) is 0 Å². The minimum absolute atomic E-state index is 0.0240. The van der Waals surface area contributed by atoms with Gasteiger partial charge >= 0.3 is 0 Å². The van der Waals surface area contributed by atoms with E-state index >= 15 is 0 Å². The predicted molar refractivity (Wildman–Crippen MR) is 295 cm³/mol. The SMILES string of the molecule is CN1Cc2c(Cl)cc(Cl)cc2C(c2ccc3c(c2)C(=O)N(CCOCCOCCOCCNC(=O)[C@H](O)[C@@H](O)C(=O)NCCOCCOCCOCCN2Cc4ccc(C5CN(C)Cc6c(Cl)cc(Cl)cc65)cc4C2=O)C3)C1. The Morgan fingerprint density at radius 3 is 1.27 bits per heavy atom. The lowest BCUT2D eigenvalue weighted by Crippen LogP contribution is -2.50. The Labute approximate surface area is 475 Å². The normalized spacial score (nSPS) is 17.9. The van der Waals surface area contributed by atoms with E-state index in [0.29, 0.717) is 97.0 Å². The molecule has 4 atom stereocenters. The number of carbonyl (C=O) groups excluding carboxylic acids is 4. The van der Waals surface area contributed by atoms with Gasteiger partial charge in [0, 0.05) is 109 Å². The first-order valence-corrected chi connectivity index (χ1v) is 27.7. The highest BCUT2D eigenvalue weighted by molar-refractivity contribution is 6.35. The van der Waals surface area contributed by atoms with Gasteiger partial charge in [0.05, 0.1) is 79.3 Å². The molecule has 4 amide bonds. The number of aliphatic hydroxyl groups is 2. The van der Waals surface area contributed by atoms with Crippen LogP contribution in [0.15, 0.2) is 60.7 Å². The maximum atomic E-state index is 13.4. The van der Waals surface area contributed by atoms with Crippen LogP contribution >= 0.6 is 46.4 Å². The third-order valence-corrected chi connectivity index (χ3v) is 15.4. The highest BCUT2D eigenvalue weighted by Crippen LogP contribution is 2.41. The summed E-state index contributed by atoms with van der Waals surface area (Å²) in [4.78, 5) is 59.4. The summed E-state index contributed by atoms with van der Waals surface area (Å²) in [7, 11) is 4.12. The molecule has 4 aliphatic rings. The van der Waals surface area contributed by atoms with Gasteiger partial charge in [-0.25, -0.2) is 0 Å². The molecule has 18 nitrogen and oxygen atoms in total. The highest BCUT2D eigenvalue weighted by Gasteiger charge is 2.34. The van der Waals surface area contributed by atoms with Crippen LogP contribution in [0.1, 0.15) is 77.1 Å². The van der Waals surface area contributed by atoms with Crippen LogP contribution < -0.4 is 10.6 Å². The highest BCUT2D eigenvalue weighted by atomic mass is 35.5. The van der Waals surface area contributed by atoms with Gasteiger partial charge in [-0.05, 0) is 95.0 Å². The molecule has 4 heterocycles. The van der Waals surface area contributed by atoms with Crippen LogP contribution in [0.3, 0.4) is 0 Å². The van der Waals surface area contributed by atoms with Crippen molar-refractivity contribution in [1.29, 1.82) is 0 Å². The lowest BCUT2D eigenvalue weighted by Gasteiger charge is -2.33. The van der Waals surface area contributed by atoms with E-state index in [0.717, 1.165) is 70.7 Å². The van der Waals surface area contributed by atoms with Crippen molar-refractivity contribution < 1.29 is 57.8 Å². The van der Waals surface area contributed by atoms with E-state index in [9.17, 15) is 29.4 Å². The first-order chi connectivity index (χ1) is 37.7. The molecule has 0 aromatic heterocycles. The van der Waals surface area contributed by atoms with Gasteiger partial charge in [-0.3, -0.25) is 19.2 Å². The molecule has 0 bridgehead atoms. The van der Waals surface area contributed by atoms with Crippen molar-refractivity contribution in [2.45, 2.75) is 50.2 Å². The molecule has 0 aliphatic carbocycles. The summed E-state index contributed by atoms with van der Waals surface area (Å²) in [5, 5.41) is 27.8. The molecule has 2 unspecified atom stereocenters. The molecular weight excluding hydrogens is 1090 g/mol. The number of nitrogens with one attached hydrogen (secondary N) is 2. The smallest absolute Gasteiger partial charge is 0.254 e. The summed E-state index contributed by atoms with van der Waals surface area (Å²) >= 11 is 25.9. The van der Waals surface area contributed by atoms with Gasteiger partial charge in [-0.1, -0.05) is 70.7 Å². The second-order valence-corrected chi connectivity index (χ2v) is 21.5. The largest absolute Gasteiger partial charge is 0.380 e. The van der Waals surface area contributed by atoms with Crippen LogP contribution in [0, 0.1) is 0 Å². The molecule has 4 N–H and O–H groups in total. The number of rotatable bonds is 29. The summed E-state index contributed by atoms with van der Waals surface area (Å²) in [5.41, 5.74) is 9.79. The van der Waals surface area contributed by atoms with Crippen LogP contribution in [0.2, 0.25) is 20.1 Å². The molecule has 8 rings (SSSR count). The molecule has 0 saturated carbocycles. The van der Waals surface area contributed by atoms with Crippen molar-refractivity contribution >= 4 is 70.0 Å². The Balaban J connectivity index is 0.588. The minimum Gasteiger partial charge on any atom is -0.380 e. The van der Waals surface area contributed by atoms with Crippen LogP contribution in [0.5, 0.6) is 0 Å². The van der Waals surface area contributed by atoms with Crippen molar-refractivity contribution in [1.82, 2.24) is 30.2 Å². The van der Waals surface area contributed by atoms with Gasteiger partial charge in [0.25, 0.3) is 23.6 Å². The number of halogens is 4. The monoisotopic (exact) mass is 1160 g/mol. The Morgan fingerprint density at radius 2 is 0.885 bits per heavy atom. The Kier molecular flexibility index (Phi) is 22.0. The number of carbonyl (C=O) groups is 4. The van der Waals surface area contributed by atoms with Gasteiger partial charge in [-0.15, -0.1) is 0 Å². The third kappa shape index (κ3) is 15.5. The van der Waals surface area contributed by atoms with Crippen molar-refractivity contribution in [3.8, 4) is 0 Å². The van der Waals surface area contributed by atoms with E-state index in [1.165, 1.54) is 0 Å². The zero-order chi connectivity index (χ0) is 55.3. The number of fused-ring (bicyclic) bond motifs is 4. The van der Waals surface area contributed by atoms with Crippen molar-refractivity contribution in [3.05, 3.63) is 136 Å². The Hall–Kier alpha value is -4.48. The molecule has 22 heteroatoms. The summed E-state index contributed by atoms with van der Waals surface area (Å²) in [5.74, 6) is -1.82. The number of likely N-dealkylation sites (N-methyl/N-ethyl adjacent to an activating group) is 2. The molecule has 0 radical (unpaired) electrons. The topological polar surface area (TPSA) is 201 Å². The maximum Gasteiger partial charge on any atom is 0.254 e. The number of nitrogens with zero attached hydrogens (tertiary/aromatic N) is 4. The van der Waals surface area contributed by atoms with E-state index in [-0.39, 0.29) is 76.4 Å². The molecule has 4 aromatic carbocycles. The average Bonchev–Trinajstić information content (AvgIpc) is 3.95. The minimum atomic E-state index is -1.99. The standard InChI is InChI=1S/C56H68Cl4N6O12/c1-63-31-45(43-25-39(57)27-49(59)47(43)33-63)35-3-5-37-29-65(55(71)41(37)23-35)9-13-75-17-21-77-19-15-73-11-7-61-53(69)51(67)52(68)54(70)62-8-12-74-16-20-78-22-18-76-14-10-66-30-38-6-4-36(24-42(38)56(66)72)46-32-64(2)34-48-44(46)26-40(58)28-50(48)60/h3-6,23-28,45-46,51-52,67-68H,7-22,29-34H2,1-2H3,(H,61,69)(H,62,70)/t45?,46?,51-,52-/m1/s1. The van der Waals surface area contributed by atoms with E-state index in [1.807, 2.05) is 36.4 Å². The lowest BCUT2D eigenvalue weighted by molar-refractivity contribution is -0.146. The van der Waals surface area contributed by atoms with E-state index in [1.54, 1.807) is 21.9 Å². The number of hydrogen-bond donors (Lipinski definition) is 4. The molecule has 0 spiro atoms. The average molecular weight is 1160 g/mol. The second kappa shape index (κ2) is 28.8. The summed E-state index contributed by atoms with van der Waals surface area (Å²) in [6.45, 7) is 8.30. The van der Waals surface area contributed by atoms with Crippen molar-refractivity contribution in [3.63, 3.8) is 0 Å². The predicted octanol–water partition coefficient (Wildman–Crippen LogP) is 5.12. The van der Waals surface area contributed by atoms with Gasteiger partial charge in [0.2, 0.25) is 0 Å². The molecule has 4 aromatic rings. The van der Waals surface area contributed by atoms with Crippen LogP contribution in [0.25, 0.3) is 0 Å². The van der Waals surface area contributed by atoms with E-state index in [2.05, 4.69) is 46.7 Å². The fourth-order valence-electron chi connectivity index (χ4n) is 10.2. The van der Waals surface area contributed by atoms with E-state index < -0.39 is 24.0 Å². The summed E-state index contributed by atoms with van der Waals surface area (Å²) < 4.78 is 33.5. The number of benzene rings is 4. The summed E-state index contributed by atoms with van der Waals surface area (Å²) in [6, 6.07) is 19.8. The lowest BCUT2D eigenvalue weighted by atomic mass is 9.84. The van der Waals surface area contributed by atoms with Crippen LogP contribution in [-0.4, -0.2) is 198 Å². The number of hydrogen-bond acceptors (Lipinski definition) is 14. The maximum absolute atomic E-state index is 13.4. The first kappa shape index (κ1) is 59.6. The van der Waals surface area contributed by atoms with Crippen LogP contribution in [-0.2, 0) is 64.2 Å².